The third kappa shape index (κ3) is 21.6. The van der Waals surface area contributed by atoms with E-state index in [2.05, 4.69) is 50.4 Å². The van der Waals surface area contributed by atoms with Crippen LogP contribution in [0.5, 0.6) is 0 Å². The normalized spacial score (nSPS) is 10.8. The van der Waals surface area contributed by atoms with Crippen molar-refractivity contribution in [3.8, 4) is 112 Å². The second-order valence-corrected chi connectivity index (χ2v) is 26.8. The molecule has 0 aliphatic heterocycles. The lowest BCUT2D eigenvalue weighted by atomic mass is 9.98. The standard InChI is InChI=1S/2C18H17N3O3.C17H14ClN3O3.2C17H14FN3O3/c1-12-8-14(10-15(9-12)18(23)24)16-11-21(6-7-22)20-17(16)13-2-4-19-5-3-13;1-12-2-3-14(10-15(12)18(23)24)16-11-21(8-9-22)20-17(16)13-4-6-19-7-5-13;2*18-14-8-12(7-13(9-14)17(23)24)15-10-21(5-6-22)20-16(15)11-1-3-19-4-2-11;18-15-12(2-1-3-13(15)17(23)24)14-10-21(8-9-22)20-16(14)11-4-6-19-7-5-11/h2-5,8-11,22H,6-7H2,1H3,(H,23,24);2-7,10-11,22H,8-9H2,1H3,(H,23,24);2*1-4,7-10,22H,5-6H2,(H,23,24);1-7,10,22H,8-9H2,(H,23,24). The maximum Gasteiger partial charge on any atom is 0.338 e. The van der Waals surface area contributed by atoms with Gasteiger partial charge in [0, 0.05) is 159 Å². The van der Waals surface area contributed by atoms with Gasteiger partial charge in [0.15, 0.2) is 0 Å². The molecule has 0 spiro atoms. The second kappa shape index (κ2) is 40.7. The fraction of sp³-hybridized carbons (Fsp3) is 0.138. The minimum Gasteiger partial charge on any atom is -0.478 e. The highest BCUT2D eigenvalue weighted by Gasteiger charge is 2.24. The van der Waals surface area contributed by atoms with Gasteiger partial charge in [-0.15, -0.1) is 0 Å². The van der Waals surface area contributed by atoms with E-state index >= 15 is 0 Å². The maximum atomic E-state index is 14.6. The Balaban J connectivity index is 0.000000147. The van der Waals surface area contributed by atoms with Gasteiger partial charge < -0.3 is 51.1 Å². The van der Waals surface area contributed by atoms with Crippen molar-refractivity contribution in [2.24, 2.45) is 0 Å². The van der Waals surface area contributed by atoms with Gasteiger partial charge in [-0.2, -0.15) is 25.5 Å². The van der Waals surface area contributed by atoms with Crippen LogP contribution in [0.4, 0.5) is 8.78 Å². The summed E-state index contributed by atoms with van der Waals surface area (Å²) in [6.45, 7) is 4.93. The monoisotopic (exact) mass is 1640 g/mol. The smallest absolute Gasteiger partial charge is 0.338 e. The number of carbonyl (C=O) groups is 5. The SMILES string of the molecule is Cc1cc(C(=O)O)cc(-c2cn(CCO)nc2-c2ccncc2)c1.Cc1ccc(-c2cn(CCO)nc2-c2ccncc2)cc1C(=O)O.O=C(O)c1cc(Cl)cc(-c2cn(CCO)nc2-c2ccncc2)c1.O=C(O)c1cc(F)cc(-c2cn(CCO)nc2-c2ccncc2)c1.O=C(O)c1cccc(-c2cn(CCO)nc2-c2ccncc2)c1F. The van der Waals surface area contributed by atoms with Gasteiger partial charge in [0.05, 0.1) is 93.6 Å². The van der Waals surface area contributed by atoms with Crippen molar-refractivity contribution in [2.45, 2.75) is 46.6 Å². The number of carboxylic acid groups (broad SMARTS) is 5. The average Bonchev–Trinajstić information content (AvgIpc) is 1.62. The lowest BCUT2D eigenvalue weighted by Crippen LogP contribution is -2.02. The summed E-state index contributed by atoms with van der Waals surface area (Å²) < 4.78 is 36.4. The van der Waals surface area contributed by atoms with Crippen LogP contribution in [0, 0.1) is 25.5 Å². The number of aromatic carboxylic acids is 5. The Morgan fingerprint density at radius 3 is 0.983 bits per heavy atom. The Kier molecular flexibility index (Phi) is 29.2. The predicted molar refractivity (Wildman–Crippen MR) is 439 cm³/mol. The van der Waals surface area contributed by atoms with E-state index in [9.17, 15) is 53.2 Å². The first kappa shape index (κ1) is 86.1. The molecule has 0 fully saturated rings. The minimum absolute atomic E-state index is 0.0226. The third-order valence-electron chi connectivity index (χ3n) is 18.1. The van der Waals surface area contributed by atoms with E-state index in [0.29, 0.717) is 69.6 Å². The molecule has 0 saturated carbocycles. The van der Waals surface area contributed by atoms with E-state index in [-0.39, 0.29) is 73.9 Å². The zero-order valence-corrected chi connectivity index (χ0v) is 64.8. The molecule has 0 bridgehead atoms. The van der Waals surface area contributed by atoms with E-state index < -0.39 is 47.0 Å². The minimum atomic E-state index is -1.33. The average molecular weight is 1650 g/mol. The van der Waals surface area contributed by atoms with Crippen molar-refractivity contribution in [1.82, 2.24) is 73.8 Å². The van der Waals surface area contributed by atoms with Gasteiger partial charge in [0.25, 0.3) is 0 Å². The third-order valence-corrected chi connectivity index (χ3v) is 18.3. The van der Waals surface area contributed by atoms with Crippen molar-refractivity contribution in [2.75, 3.05) is 33.0 Å². The van der Waals surface area contributed by atoms with Gasteiger partial charge in [-0.05, 0) is 169 Å². The molecular formula is C87H76ClF2N15O15. The predicted octanol–water partition coefficient (Wildman–Crippen LogP) is 13.1. The molecule has 10 aromatic heterocycles. The molecule has 5 aromatic carbocycles. The number of carboxylic acids is 5. The largest absolute Gasteiger partial charge is 0.478 e. The first-order chi connectivity index (χ1) is 57.9. The summed E-state index contributed by atoms with van der Waals surface area (Å²) in [5, 5.41) is 115. The molecule has 0 radical (unpaired) electrons. The van der Waals surface area contributed by atoms with E-state index in [1.165, 1.54) is 45.8 Å². The van der Waals surface area contributed by atoms with Crippen molar-refractivity contribution < 1.29 is 83.8 Å². The van der Waals surface area contributed by atoms with Gasteiger partial charge in [-0.3, -0.25) is 48.3 Å². The summed E-state index contributed by atoms with van der Waals surface area (Å²) in [7, 11) is 0. The van der Waals surface area contributed by atoms with Crippen LogP contribution in [0.3, 0.4) is 0 Å². The Morgan fingerprint density at radius 2 is 0.633 bits per heavy atom. The highest BCUT2D eigenvalue weighted by atomic mass is 35.5. The van der Waals surface area contributed by atoms with E-state index in [1.54, 1.807) is 162 Å². The molecule has 120 heavy (non-hydrogen) atoms. The van der Waals surface area contributed by atoms with Crippen molar-refractivity contribution in [3.63, 3.8) is 0 Å². The Hall–Kier alpha value is -14.8. The molecule has 610 valence electrons. The number of halogens is 3. The van der Waals surface area contributed by atoms with Crippen LogP contribution in [0.25, 0.3) is 112 Å². The first-order valence-electron chi connectivity index (χ1n) is 36.7. The summed E-state index contributed by atoms with van der Waals surface area (Å²) in [5.74, 6) is -6.96. The number of pyridine rings is 5. The molecule has 0 saturated heterocycles. The van der Waals surface area contributed by atoms with Crippen molar-refractivity contribution in [1.29, 1.82) is 0 Å². The molecule has 0 aliphatic rings. The number of hydrogen-bond acceptors (Lipinski definition) is 20. The lowest BCUT2D eigenvalue weighted by Gasteiger charge is -2.06. The van der Waals surface area contributed by atoms with E-state index in [0.717, 1.165) is 78.7 Å². The number of aliphatic hydroxyl groups is 5. The van der Waals surface area contributed by atoms with Crippen molar-refractivity contribution in [3.05, 3.63) is 300 Å². The molecule has 30 nitrogen and oxygen atoms in total. The summed E-state index contributed by atoms with van der Waals surface area (Å²) in [5.41, 5.74) is 15.1. The number of nitrogens with zero attached hydrogens (tertiary/aromatic N) is 15. The molecule has 0 atom stereocenters. The zero-order chi connectivity index (χ0) is 85.5. The van der Waals surface area contributed by atoms with Crippen LogP contribution >= 0.6 is 11.6 Å². The van der Waals surface area contributed by atoms with E-state index in [4.69, 9.17) is 42.2 Å². The quantitative estimate of drug-likeness (QED) is 0.0254. The fourth-order valence-corrected chi connectivity index (χ4v) is 12.8. The van der Waals surface area contributed by atoms with Crippen LogP contribution in [0.1, 0.15) is 62.9 Å². The summed E-state index contributed by atoms with van der Waals surface area (Å²) >= 11 is 6.07. The van der Waals surface area contributed by atoms with Gasteiger partial charge in [0.1, 0.15) is 40.1 Å². The molecule has 15 rings (SSSR count). The number of aromatic nitrogens is 15. The maximum absolute atomic E-state index is 14.6. The Morgan fingerprint density at radius 1 is 0.317 bits per heavy atom. The van der Waals surface area contributed by atoms with Gasteiger partial charge in [0.2, 0.25) is 0 Å². The fourth-order valence-electron chi connectivity index (χ4n) is 12.6. The Labute approximate surface area is 687 Å². The molecule has 0 unspecified atom stereocenters. The molecule has 10 N–H and O–H groups in total. The molecule has 0 aliphatic carbocycles. The van der Waals surface area contributed by atoms with Gasteiger partial charge in [-0.25, -0.2) is 32.8 Å². The first-order valence-corrected chi connectivity index (χ1v) is 37.1. The molecule has 0 amide bonds. The topological polar surface area (TPSA) is 441 Å². The molecule has 15 aromatic rings. The van der Waals surface area contributed by atoms with Crippen molar-refractivity contribution >= 4 is 41.4 Å². The zero-order valence-electron chi connectivity index (χ0n) is 64.0. The number of hydrogen-bond donors (Lipinski definition) is 10. The van der Waals surface area contributed by atoms with Crippen LogP contribution in [0.2, 0.25) is 5.02 Å². The molecule has 10 heterocycles. The summed E-state index contributed by atoms with van der Waals surface area (Å²) in [4.78, 5) is 76.3. The molecular weight excluding hydrogens is 1570 g/mol. The number of rotatable bonds is 25. The lowest BCUT2D eigenvalue weighted by molar-refractivity contribution is 0.0681. The summed E-state index contributed by atoms with van der Waals surface area (Å²) in [6.07, 6.45) is 25.1. The van der Waals surface area contributed by atoms with Crippen LogP contribution in [0.15, 0.2) is 245 Å². The van der Waals surface area contributed by atoms with E-state index in [1.807, 2.05) is 67.8 Å². The van der Waals surface area contributed by atoms with Gasteiger partial charge >= 0.3 is 29.8 Å². The summed E-state index contributed by atoms with van der Waals surface area (Å²) in [6, 6.07) is 41.0. The van der Waals surface area contributed by atoms with Crippen LogP contribution in [-0.2, 0) is 32.7 Å². The number of aryl methyl sites for hydroxylation is 2. The number of benzene rings is 5. The number of aliphatic hydroxyl groups excluding tert-OH is 5. The Bertz CT molecular complexity index is 5730. The van der Waals surface area contributed by atoms with Gasteiger partial charge in [-0.1, -0.05) is 41.9 Å². The van der Waals surface area contributed by atoms with Crippen LogP contribution < -0.4 is 0 Å². The molecule has 33 heteroatoms. The highest BCUT2D eigenvalue weighted by molar-refractivity contribution is 6.31. The second-order valence-electron chi connectivity index (χ2n) is 26.3. The highest BCUT2D eigenvalue weighted by Crippen LogP contribution is 2.39. The van der Waals surface area contributed by atoms with Crippen LogP contribution in [-0.4, -0.2) is 188 Å².